The molecule has 1 heterocycles. The number of nitro benzene ring substituents is 1. The first-order valence-corrected chi connectivity index (χ1v) is 6.69. The zero-order chi connectivity index (χ0) is 13.7. The minimum atomic E-state index is -0.422. The quantitative estimate of drug-likeness (QED) is 0.480. The predicted molar refractivity (Wildman–Crippen MR) is 74.3 cm³/mol. The van der Waals surface area contributed by atoms with Gasteiger partial charge in [0.2, 0.25) is 0 Å². The summed E-state index contributed by atoms with van der Waals surface area (Å²) in [5.74, 6) is 0.619. The number of alkyl halides is 1. The Bertz CT molecular complexity index is 575. The van der Waals surface area contributed by atoms with E-state index in [0.717, 1.165) is 11.3 Å². The number of non-ortho nitro benzene ring substituents is 1. The maximum absolute atomic E-state index is 10.7. The van der Waals surface area contributed by atoms with Crippen LogP contribution in [0.25, 0.3) is 0 Å². The molecule has 0 aliphatic rings. The molecule has 0 radical (unpaired) electrons. The fourth-order valence-corrected chi connectivity index (χ4v) is 2.00. The Hall–Kier alpha value is -1.95. The van der Waals surface area contributed by atoms with Gasteiger partial charge in [-0.2, -0.15) is 0 Å². The number of rotatable bonds is 5. The number of hydrogen-bond acceptors (Lipinski definition) is 4. The zero-order valence-corrected chi connectivity index (χ0v) is 11.5. The minimum Gasteiger partial charge on any atom is -0.487 e. The number of aromatic nitrogens is 1. The number of nitro groups is 1. The highest BCUT2D eigenvalue weighted by Gasteiger charge is 2.11. The Balaban J connectivity index is 2.14. The van der Waals surface area contributed by atoms with Gasteiger partial charge in [0.15, 0.2) is 0 Å². The predicted octanol–water partition coefficient (Wildman–Crippen LogP) is 3.46. The lowest BCUT2D eigenvalue weighted by Crippen LogP contribution is -2.00. The largest absolute Gasteiger partial charge is 0.487 e. The van der Waals surface area contributed by atoms with Crippen molar-refractivity contribution >= 4 is 21.6 Å². The van der Waals surface area contributed by atoms with Crippen molar-refractivity contribution in [2.45, 2.75) is 11.9 Å². The molecule has 0 fully saturated rings. The van der Waals surface area contributed by atoms with E-state index in [9.17, 15) is 10.1 Å². The normalized spacial score (nSPS) is 10.2. The molecule has 0 bridgehead atoms. The molecule has 0 amide bonds. The van der Waals surface area contributed by atoms with Gasteiger partial charge in [0.25, 0.3) is 5.69 Å². The molecule has 6 heteroatoms. The Morgan fingerprint density at radius 3 is 2.79 bits per heavy atom. The molecule has 19 heavy (non-hydrogen) atoms. The van der Waals surface area contributed by atoms with Crippen LogP contribution < -0.4 is 4.74 Å². The first-order valence-electron chi connectivity index (χ1n) is 5.56. The zero-order valence-electron chi connectivity index (χ0n) is 9.95. The van der Waals surface area contributed by atoms with Gasteiger partial charge in [-0.25, -0.2) is 0 Å². The third-order valence-corrected chi connectivity index (χ3v) is 3.10. The van der Waals surface area contributed by atoms with Crippen molar-refractivity contribution in [3.8, 4) is 5.75 Å². The summed E-state index contributed by atoms with van der Waals surface area (Å²) in [6.07, 6.45) is 1.69. The number of hydrogen-bond donors (Lipinski definition) is 0. The molecule has 5 nitrogen and oxygen atoms in total. The van der Waals surface area contributed by atoms with Crippen LogP contribution in [0.3, 0.4) is 0 Å². The molecule has 0 saturated heterocycles. The molecule has 0 spiro atoms. The molecule has 0 aliphatic carbocycles. The van der Waals surface area contributed by atoms with Gasteiger partial charge in [0, 0.05) is 29.2 Å². The number of halogens is 1. The smallest absolute Gasteiger partial charge is 0.270 e. The average molecular weight is 323 g/mol. The van der Waals surface area contributed by atoms with Crippen molar-refractivity contribution in [2.24, 2.45) is 0 Å². The summed E-state index contributed by atoms with van der Waals surface area (Å²) in [5, 5.41) is 11.2. The van der Waals surface area contributed by atoms with Gasteiger partial charge in [0.05, 0.1) is 10.6 Å². The molecular weight excluding hydrogens is 312 g/mol. The van der Waals surface area contributed by atoms with Gasteiger partial charge in [-0.05, 0) is 18.2 Å². The van der Waals surface area contributed by atoms with E-state index < -0.39 is 4.92 Å². The summed E-state index contributed by atoms with van der Waals surface area (Å²) >= 11 is 3.30. The molecule has 0 atom stereocenters. The lowest BCUT2D eigenvalue weighted by molar-refractivity contribution is -0.384. The van der Waals surface area contributed by atoms with Crippen LogP contribution in [0.1, 0.15) is 11.3 Å². The van der Waals surface area contributed by atoms with Gasteiger partial charge in [-0.1, -0.05) is 22.0 Å². The van der Waals surface area contributed by atoms with Crippen LogP contribution in [-0.4, -0.2) is 9.91 Å². The van der Waals surface area contributed by atoms with E-state index in [4.69, 9.17) is 4.74 Å². The molecule has 0 N–H and O–H groups in total. The van der Waals surface area contributed by atoms with Crippen molar-refractivity contribution < 1.29 is 9.66 Å². The van der Waals surface area contributed by atoms with Crippen molar-refractivity contribution in [3.63, 3.8) is 0 Å². The van der Waals surface area contributed by atoms with E-state index in [1.54, 1.807) is 12.3 Å². The van der Waals surface area contributed by atoms with E-state index >= 15 is 0 Å². The van der Waals surface area contributed by atoms with Crippen LogP contribution in [0.15, 0.2) is 42.6 Å². The number of benzene rings is 1. The summed E-state index contributed by atoms with van der Waals surface area (Å²) in [6.45, 7) is 0.332. The van der Waals surface area contributed by atoms with Gasteiger partial charge < -0.3 is 4.74 Å². The SMILES string of the molecule is O=[N+]([O-])c1ccc(OCc2ccccn2)c(CBr)c1. The Labute approximate surface area is 118 Å². The Morgan fingerprint density at radius 2 is 2.16 bits per heavy atom. The summed E-state index contributed by atoms with van der Waals surface area (Å²) in [6, 6.07) is 10.1. The molecule has 2 rings (SSSR count). The van der Waals surface area contributed by atoms with Gasteiger partial charge >= 0.3 is 0 Å². The highest BCUT2D eigenvalue weighted by molar-refractivity contribution is 9.08. The third-order valence-electron chi connectivity index (χ3n) is 2.50. The van der Waals surface area contributed by atoms with Crippen LogP contribution in [0.2, 0.25) is 0 Å². The maximum atomic E-state index is 10.7. The fourth-order valence-electron chi connectivity index (χ4n) is 1.56. The molecule has 1 aromatic carbocycles. The lowest BCUT2D eigenvalue weighted by Gasteiger charge is -2.09. The second kappa shape index (κ2) is 6.29. The summed E-state index contributed by atoms with van der Waals surface area (Å²) in [7, 11) is 0. The van der Waals surface area contributed by atoms with E-state index in [1.807, 2.05) is 18.2 Å². The summed E-state index contributed by atoms with van der Waals surface area (Å²) < 4.78 is 5.63. The highest BCUT2D eigenvalue weighted by Crippen LogP contribution is 2.26. The van der Waals surface area contributed by atoms with Crippen molar-refractivity contribution in [1.29, 1.82) is 0 Å². The first-order chi connectivity index (χ1) is 9.20. The molecular formula is C13H11BrN2O3. The van der Waals surface area contributed by atoms with E-state index in [1.165, 1.54) is 12.1 Å². The van der Waals surface area contributed by atoms with E-state index in [2.05, 4.69) is 20.9 Å². The molecule has 0 unspecified atom stereocenters. The first kappa shape index (κ1) is 13.5. The average Bonchev–Trinajstić information content (AvgIpc) is 2.45. The van der Waals surface area contributed by atoms with Crippen LogP contribution in [-0.2, 0) is 11.9 Å². The molecule has 98 valence electrons. The lowest BCUT2D eigenvalue weighted by atomic mass is 10.2. The minimum absolute atomic E-state index is 0.0552. The molecule has 0 aliphatic heterocycles. The Morgan fingerprint density at radius 1 is 1.32 bits per heavy atom. The van der Waals surface area contributed by atoms with Crippen LogP contribution >= 0.6 is 15.9 Å². The number of pyridine rings is 1. The van der Waals surface area contributed by atoms with Crippen LogP contribution in [0, 0.1) is 10.1 Å². The standard InChI is InChI=1S/C13H11BrN2O3/c14-8-10-7-12(16(17)18)4-5-13(10)19-9-11-3-1-2-6-15-11/h1-7H,8-9H2. The highest BCUT2D eigenvalue weighted by atomic mass is 79.9. The van der Waals surface area contributed by atoms with E-state index in [0.29, 0.717) is 17.7 Å². The Kier molecular flexibility index (Phi) is 4.46. The van der Waals surface area contributed by atoms with Crippen molar-refractivity contribution in [3.05, 3.63) is 64.0 Å². The van der Waals surface area contributed by atoms with Crippen molar-refractivity contribution in [1.82, 2.24) is 4.98 Å². The van der Waals surface area contributed by atoms with Gasteiger partial charge in [-0.3, -0.25) is 15.1 Å². The fraction of sp³-hybridized carbons (Fsp3) is 0.154. The monoisotopic (exact) mass is 322 g/mol. The number of ether oxygens (including phenoxy) is 1. The maximum Gasteiger partial charge on any atom is 0.270 e. The second-order valence-electron chi connectivity index (χ2n) is 3.79. The van der Waals surface area contributed by atoms with Crippen LogP contribution in [0.5, 0.6) is 5.75 Å². The molecule has 0 saturated carbocycles. The molecule has 2 aromatic rings. The number of nitrogens with zero attached hydrogens (tertiary/aromatic N) is 2. The van der Waals surface area contributed by atoms with Crippen LogP contribution in [0.4, 0.5) is 5.69 Å². The van der Waals surface area contributed by atoms with E-state index in [-0.39, 0.29) is 5.69 Å². The summed E-state index contributed by atoms with van der Waals surface area (Å²) in [4.78, 5) is 14.4. The topological polar surface area (TPSA) is 65.3 Å². The van der Waals surface area contributed by atoms with Crippen molar-refractivity contribution in [2.75, 3.05) is 0 Å². The third kappa shape index (κ3) is 3.51. The van der Waals surface area contributed by atoms with Gasteiger partial charge in [-0.15, -0.1) is 0 Å². The summed E-state index contributed by atoms with van der Waals surface area (Å²) in [5.41, 5.74) is 1.60. The van der Waals surface area contributed by atoms with Gasteiger partial charge in [0.1, 0.15) is 12.4 Å². The molecule has 1 aromatic heterocycles. The second-order valence-corrected chi connectivity index (χ2v) is 4.35.